The van der Waals surface area contributed by atoms with E-state index < -0.39 is 0 Å². The monoisotopic (exact) mass is 420 g/mol. The first-order valence-corrected chi connectivity index (χ1v) is 10.8. The second-order valence-electron chi connectivity index (χ2n) is 7.11. The van der Waals surface area contributed by atoms with E-state index in [1.807, 2.05) is 36.0 Å². The van der Waals surface area contributed by atoms with Crippen LogP contribution in [0.3, 0.4) is 0 Å². The van der Waals surface area contributed by atoms with Gasteiger partial charge in [-0.2, -0.15) is 5.10 Å². The number of anilines is 1. The molecule has 0 spiro atoms. The van der Waals surface area contributed by atoms with Crippen molar-refractivity contribution in [3.63, 3.8) is 0 Å². The van der Waals surface area contributed by atoms with Gasteiger partial charge in [0.2, 0.25) is 0 Å². The first-order valence-electron chi connectivity index (χ1n) is 9.95. The van der Waals surface area contributed by atoms with Crippen LogP contribution in [-0.2, 0) is 6.54 Å². The summed E-state index contributed by atoms with van der Waals surface area (Å²) in [6.07, 6.45) is 3.63. The first-order chi connectivity index (χ1) is 14.5. The predicted molar refractivity (Wildman–Crippen MR) is 121 cm³/mol. The zero-order valence-electron chi connectivity index (χ0n) is 17.3. The molecule has 2 heterocycles. The van der Waals surface area contributed by atoms with Crippen molar-refractivity contribution in [2.75, 3.05) is 18.1 Å². The van der Waals surface area contributed by atoms with Crippen molar-refractivity contribution in [3.8, 4) is 5.75 Å². The molecular formula is C23H24N4O2S. The van der Waals surface area contributed by atoms with Gasteiger partial charge >= 0.3 is 0 Å². The Labute approximate surface area is 179 Å². The number of benzene rings is 2. The smallest absolute Gasteiger partial charge is 0.260 e. The van der Waals surface area contributed by atoms with E-state index >= 15 is 0 Å². The van der Waals surface area contributed by atoms with Gasteiger partial charge in [0.05, 0.1) is 23.4 Å². The Morgan fingerprint density at radius 1 is 1.20 bits per heavy atom. The normalized spacial score (nSPS) is 11.0. The number of ether oxygens (including phenoxy) is 1. The molecule has 0 saturated carbocycles. The Morgan fingerprint density at radius 2 is 2.00 bits per heavy atom. The molecular weight excluding hydrogens is 396 g/mol. The van der Waals surface area contributed by atoms with Gasteiger partial charge in [0.25, 0.3) is 5.91 Å². The van der Waals surface area contributed by atoms with Gasteiger partial charge < -0.3 is 4.74 Å². The zero-order chi connectivity index (χ0) is 21.1. The topological polar surface area (TPSA) is 60.2 Å². The fraction of sp³-hybridized carbons (Fsp3) is 0.261. The lowest BCUT2D eigenvalue weighted by atomic mass is 10.1. The number of aryl methyl sites for hydroxylation is 2. The highest BCUT2D eigenvalue weighted by atomic mass is 32.1. The molecule has 30 heavy (non-hydrogen) atoms. The summed E-state index contributed by atoms with van der Waals surface area (Å²) in [5, 5.41) is 4.96. The molecule has 0 saturated heterocycles. The van der Waals surface area contributed by atoms with E-state index in [-0.39, 0.29) is 5.91 Å². The van der Waals surface area contributed by atoms with Crippen molar-refractivity contribution < 1.29 is 9.53 Å². The average molecular weight is 421 g/mol. The lowest BCUT2D eigenvalue weighted by Gasteiger charge is -2.20. The molecule has 2 aromatic carbocycles. The van der Waals surface area contributed by atoms with Crippen LogP contribution < -0.4 is 9.64 Å². The molecule has 0 aliphatic heterocycles. The van der Waals surface area contributed by atoms with Crippen LogP contribution in [0.25, 0.3) is 10.2 Å². The van der Waals surface area contributed by atoms with Crippen LogP contribution in [0.15, 0.2) is 54.9 Å². The van der Waals surface area contributed by atoms with Crippen molar-refractivity contribution >= 4 is 32.6 Å². The van der Waals surface area contributed by atoms with Crippen molar-refractivity contribution in [3.05, 3.63) is 71.5 Å². The van der Waals surface area contributed by atoms with E-state index in [0.717, 1.165) is 21.5 Å². The summed E-state index contributed by atoms with van der Waals surface area (Å²) < 4.78 is 8.41. The van der Waals surface area contributed by atoms with E-state index in [2.05, 4.69) is 31.1 Å². The van der Waals surface area contributed by atoms with Gasteiger partial charge in [-0.15, -0.1) is 0 Å². The third kappa shape index (κ3) is 4.21. The second kappa shape index (κ2) is 8.67. The molecule has 2 aromatic heterocycles. The highest BCUT2D eigenvalue weighted by Gasteiger charge is 2.22. The van der Waals surface area contributed by atoms with Gasteiger partial charge in [-0.25, -0.2) is 4.98 Å². The molecule has 0 fully saturated rings. The predicted octanol–water partition coefficient (Wildman–Crippen LogP) is 4.86. The van der Waals surface area contributed by atoms with Gasteiger partial charge in [0.15, 0.2) is 5.13 Å². The summed E-state index contributed by atoms with van der Waals surface area (Å²) in [5.41, 5.74) is 3.86. The molecule has 0 aliphatic rings. The lowest BCUT2D eigenvalue weighted by molar-refractivity contribution is 0.0985. The van der Waals surface area contributed by atoms with E-state index in [1.165, 1.54) is 5.56 Å². The quantitative estimate of drug-likeness (QED) is 0.429. The number of hydrogen-bond acceptors (Lipinski definition) is 5. The standard InChI is InChI=1S/C23H24N4O2S/c1-4-29-19-8-6-18(7-9-19)22(28)27(13-12-26-11-5-10-24-26)23-25-21-17(3)14-16(2)15-20(21)30-23/h5-11,14-15H,4,12-13H2,1-3H3. The summed E-state index contributed by atoms with van der Waals surface area (Å²) in [4.78, 5) is 20.0. The number of hydrogen-bond donors (Lipinski definition) is 0. The average Bonchev–Trinajstić information content (AvgIpc) is 3.39. The maximum Gasteiger partial charge on any atom is 0.260 e. The van der Waals surface area contributed by atoms with Crippen LogP contribution in [0, 0.1) is 13.8 Å². The molecule has 4 rings (SSSR count). The Balaban J connectivity index is 1.68. The summed E-state index contributed by atoms with van der Waals surface area (Å²) in [5.74, 6) is 0.668. The van der Waals surface area contributed by atoms with Crippen LogP contribution in [0.1, 0.15) is 28.4 Å². The number of fused-ring (bicyclic) bond motifs is 1. The van der Waals surface area contributed by atoms with Crippen LogP contribution in [0.5, 0.6) is 5.75 Å². The largest absolute Gasteiger partial charge is 0.494 e. The summed E-state index contributed by atoms with van der Waals surface area (Å²) in [7, 11) is 0. The SMILES string of the molecule is CCOc1ccc(C(=O)N(CCn2cccn2)c2nc3c(C)cc(C)cc3s2)cc1. The third-order valence-electron chi connectivity index (χ3n) is 4.82. The Kier molecular flexibility index (Phi) is 5.81. The van der Waals surface area contributed by atoms with Gasteiger partial charge in [-0.3, -0.25) is 14.4 Å². The van der Waals surface area contributed by atoms with Crippen LogP contribution in [-0.4, -0.2) is 33.8 Å². The Morgan fingerprint density at radius 3 is 2.70 bits per heavy atom. The maximum atomic E-state index is 13.4. The number of nitrogens with zero attached hydrogens (tertiary/aromatic N) is 4. The second-order valence-corrected chi connectivity index (χ2v) is 8.12. The van der Waals surface area contributed by atoms with Crippen molar-refractivity contribution in [2.24, 2.45) is 0 Å². The number of amides is 1. The molecule has 6 nitrogen and oxygen atoms in total. The van der Waals surface area contributed by atoms with Gasteiger partial charge in [-0.05, 0) is 68.3 Å². The lowest BCUT2D eigenvalue weighted by Crippen LogP contribution is -2.34. The maximum absolute atomic E-state index is 13.4. The highest BCUT2D eigenvalue weighted by Crippen LogP contribution is 2.32. The van der Waals surface area contributed by atoms with Gasteiger partial charge in [0, 0.05) is 24.5 Å². The molecule has 0 atom stereocenters. The molecule has 0 N–H and O–H groups in total. The summed E-state index contributed by atoms with van der Waals surface area (Å²) in [6, 6.07) is 13.4. The van der Waals surface area contributed by atoms with Crippen molar-refractivity contribution in [2.45, 2.75) is 27.3 Å². The molecule has 7 heteroatoms. The Hall–Kier alpha value is -3.19. The van der Waals surface area contributed by atoms with Gasteiger partial charge in [-0.1, -0.05) is 17.4 Å². The van der Waals surface area contributed by atoms with Crippen LogP contribution in [0.2, 0.25) is 0 Å². The van der Waals surface area contributed by atoms with Crippen molar-refractivity contribution in [1.82, 2.24) is 14.8 Å². The molecule has 0 bridgehead atoms. The molecule has 0 radical (unpaired) electrons. The minimum Gasteiger partial charge on any atom is -0.494 e. The number of carbonyl (C=O) groups is 1. The van der Waals surface area contributed by atoms with Gasteiger partial charge in [0.1, 0.15) is 5.75 Å². The molecule has 4 aromatic rings. The van der Waals surface area contributed by atoms with E-state index in [4.69, 9.17) is 9.72 Å². The number of thiazole rings is 1. The number of rotatable bonds is 7. The highest BCUT2D eigenvalue weighted by molar-refractivity contribution is 7.22. The van der Waals surface area contributed by atoms with E-state index in [0.29, 0.717) is 30.4 Å². The molecule has 0 aliphatic carbocycles. The Bertz CT molecular complexity index is 1150. The fourth-order valence-corrected chi connectivity index (χ4v) is 4.58. The molecule has 1 amide bonds. The number of carbonyl (C=O) groups excluding carboxylic acids is 1. The first kappa shape index (κ1) is 20.1. The van der Waals surface area contributed by atoms with E-state index in [1.54, 1.807) is 34.6 Å². The fourth-order valence-electron chi connectivity index (χ4n) is 3.41. The minimum atomic E-state index is -0.0846. The number of aromatic nitrogens is 3. The van der Waals surface area contributed by atoms with Crippen LogP contribution >= 0.6 is 11.3 Å². The van der Waals surface area contributed by atoms with Crippen LogP contribution in [0.4, 0.5) is 5.13 Å². The van der Waals surface area contributed by atoms with E-state index in [9.17, 15) is 4.79 Å². The molecule has 154 valence electrons. The van der Waals surface area contributed by atoms with Crippen molar-refractivity contribution in [1.29, 1.82) is 0 Å². The third-order valence-corrected chi connectivity index (χ3v) is 5.84. The molecule has 0 unspecified atom stereocenters. The summed E-state index contributed by atoms with van der Waals surface area (Å²) in [6.45, 7) is 7.73. The minimum absolute atomic E-state index is 0.0846. The summed E-state index contributed by atoms with van der Waals surface area (Å²) >= 11 is 1.54. The zero-order valence-corrected chi connectivity index (χ0v) is 18.1.